The molecule has 0 spiro atoms. The molecule has 5 nitrogen and oxygen atoms in total. The van der Waals surface area contributed by atoms with Gasteiger partial charge in [-0.05, 0) is 32.7 Å². The molecule has 5 heteroatoms. The highest BCUT2D eigenvalue weighted by Crippen LogP contribution is 2.20. The smallest absolute Gasteiger partial charge is 0.144 e. The summed E-state index contributed by atoms with van der Waals surface area (Å²) >= 11 is 0. The van der Waals surface area contributed by atoms with Gasteiger partial charge in [-0.15, -0.1) is 0 Å². The van der Waals surface area contributed by atoms with Crippen LogP contribution < -0.4 is 5.32 Å². The molecular weight excluding hydrogens is 252 g/mol. The number of likely N-dealkylation sites (tertiary alicyclic amines) is 1. The normalized spacial score (nSPS) is 23.8. The third-order valence-electron chi connectivity index (χ3n) is 3.90. The Balaban J connectivity index is 2.02. The summed E-state index contributed by atoms with van der Waals surface area (Å²) in [5.41, 5.74) is 1.01. The van der Waals surface area contributed by atoms with Gasteiger partial charge in [0.15, 0.2) is 0 Å². The standard InChI is InChI=1S/C15H26N4O/c1-5-16-14-8-12(3)17-15(18-14)10-19-7-6-11(2)13(9-19)20-4/h8,11,13H,5-7,9-10H2,1-4H3,(H,16,17,18). The molecule has 1 aliphatic heterocycles. The predicted octanol–water partition coefficient (Wildman–Crippen LogP) is 2.07. The summed E-state index contributed by atoms with van der Waals surface area (Å²) < 4.78 is 5.56. The number of nitrogens with one attached hydrogen (secondary N) is 1. The van der Waals surface area contributed by atoms with Crippen LogP contribution in [0, 0.1) is 12.8 Å². The molecule has 20 heavy (non-hydrogen) atoms. The molecular formula is C15H26N4O. The van der Waals surface area contributed by atoms with Crippen LogP contribution in [0.25, 0.3) is 0 Å². The largest absolute Gasteiger partial charge is 0.380 e. The molecule has 2 heterocycles. The van der Waals surface area contributed by atoms with E-state index in [0.717, 1.165) is 43.5 Å². The van der Waals surface area contributed by atoms with Crippen molar-refractivity contribution >= 4 is 5.82 Å². The molecule has 0 bridgehead atoms. The third-order valence-corrected chi connectivity index (χ3v) is 3.90. The summed E-state index contributed by atoms with van der Waals surface area (Å²) in [6.45, 7) is 10.1. The molecule has 0 amide bonds. The minimum Gasteiger partial charge on any atom is -0.380 e. The molecule has 112 valence electrons. The van der Waals surface area contributed by atoms with Crippen LogP contribution in [0.15, 0.2) is 6.07 Å². The van der Waals surface area contributed by atoms with Crippen molar-refractivity contribution in [1.82, 2.24) is 14.9 Å². The Morgan fingerprint density at radius 2 is 2.25 bits per heavy atom. The monoisotopic (exact) mass is 278 g/mol. The molecule has 0 aliphatic carbocycles. The second-order valence-corrected chi connectivity index (χ2v) is 5.62. The van der Waals surface area contributed by atoms with Gasteiger partial charge in [0.05, 0.1) is 12.6 Å². The van der Waals surface area contributed by atoms with Gasteiger partial charge in [0.2, 0.25) is 0 Å². The average molecular weight is 278 g/mol. The fraction of sp³-hybridized carbons (Fsp3) is 0.733. The van der Waals surface area contributed by atoms with Gasteiger partial charge in [-0.2, -0.15) is 0 Å². The number of aryl methyl sites for hydroxylation is 1. The summed E-state index contributed by atoms with van der Waals surface area (Å²) in [4.78, 5) is 11.5. The number of methoxy groups -OCH3 is 1. The van der Waals surface area contributed by atoms with Crippen molar-refractivity contribution in [3.63, 3.8) is 0 Å². The number of rotatable bonds is 5. The summed E-state index contributed by atoms with van der Waals surface area (Å²) in [6, 6.07) is 1.99. The van der Waals surface area contributed by atoms with Crippen LogP contribution in [0.4, 0.5) is 5.82 Å². The molecule has 1 N–H and O–H groups in total. The van der Waals surface area contributed by atoms with Gasteiger partial charge >= 0.3 is 0 Å². The molecule has 0 radical (unpaired) electrons. The molecule has 2 unspecified atom stereocenters. The highest BCUT2D eigenvalue weighted by molar-refractivity contribution is 5.35. The zero-order valence-electron chi connectivity index (χ0n) is 13.0. The van der Waals surface area contributed by atoms with Crippen molar-refractivity contribution in [2.24, 2.45) is 5.92 Å². The van der Waals surface area contributed by atoms with Crippen molar-refractivity contribution in [2.45, 2.75) is 39.8 Å². The van der Waals surface area contributed by atoms with Crippen molar-refractivity contribution in [1.29, 1.82) is 0 Å². The molecule has 1 saturated heterocycles. The van der Waals surface area contributed by atoms with Crippen molar-refractivity contribution in [2.75, 3.05) is 32.1 Å². The van der Waals surface area contributed by atoms with Crippen molar-refractivity contribution in [3.8, 4) is 0 Å². The van der Waals surface area contributed by atoms with Crippen LogP contribution in [0.3, 0.4) is 0 Å². The first-order valence-corrected chi connectivity index (χ1v) is 7.46. The Morgan fingerprint density at radius 3 is 2.95 bits per heavy atom. The minimum atomic E-state index is 0.321. The number of nitrogens with zero attached hydrogens (tertiary/aromatic N) is 3. The van der Waals surface area contributed by atoms with Crippen LogP contribution in [0.2, 0.25) is 0 Å². The first-order valence-electron chi connectivity index (χ1n) is 7.46. The highest BCUT2D eigenvalue weighted by Gasteiger charge is 2.26. The number of anilines is 1. The van der Waals surface area contributed by atoms with Crippen molar-refractivity contribution in [3.05, 3.63) is 17.6 Å². The van der Waals surface area contributed by atoms with Gasteiger partial charge in [0.25, 0.3) is 0 Å². The molecule has 1 aliphatic rings. The lowest BCUT2D eigenvalue weighted by molar-refractivity contribution is -0.00815. The Bertz CT molecular complexity index is 438. The van der Waals surface area contributed by atoms with Crippen molar-refractivity contribution < 1.29 is 4.74 Å². The molecule has 1 aromatic rings. The zero-order valence-corrected chi connectivity index (χ0v) is 13.0. The van der Waals surface area contributed by atoms with Gasteiger partial charge in [0, 0.05) is 32.0 Å². The minimum absolute atomic E-state index is 0.321. The summed E-state index contributed by atoms with van der Waals surface area (Å²) in [7, 11) is 1.80. The predicted molar refractivity (Wildman–Crippen MR) is 80.8 cm³/mol. The van der Waals surface area contributed by atoms with Crippen LogP contribution in [0.5, 0.6) is 0 Å². The van der Waals surface area contributed by atoms with Crippen LogP contribution in [-0.4, -0.2) is 47.7 Å². The molecule has 0 saturated carbocycles. The van der Waals surface area contributed by atoms with E-state index in [0.29, 0.717) is 12.0 Å². The summed E-state index contributed by atoms with van der Waals surface area (Å²) in [6.07, 6.45) is 1.49. The number of ether oxygens (including phenoxy) is 1. The van der Waals surface area contributed by atoms with Gasteiger partial charge in [0.1, 0.15) is 11.6 Å². The number of aromatic nitrogens is 2. The summed E-state index contributed by atoms with van der Waals surface area (Å²) in [5, 5.41) is 3.26. The highest BCUT2D eigenvalue weighted by atomic mass is 16.5. The molecule has 2 atom stereocenters. The van der Waals surface area contributed by atoms with E-state index in [-0.39, 0.29) is 0 Å². The molecule has 0 aromatic carbocycles. The lowest BCUT2D eigenvalue weighted by Gasteiger charge is -2.35. The molecule has 2 rings (SSSR count). The van der Waals surface area contributed by atoms with E-state index < -0.39 is 0 Å². The number of piperidine rings is 1. The van der Waals surface area contributed by atoms with E-state index >= 15 is 0 Å². The second kappa shape index (κ2) is 6.99. The Kier molecular flexibility index (Phi) is 5.31. The van der Waals surface area contributed by atoms with Gasteiger partial charge < -0.3 is 10.1 Å². The Morgan fingerprint density at radius 1 is 1.45 bits per heavy atom. The van der Waals surface area contributed by atoms with Gasteiger partial charge in [-0.1, -0.05) is 6.92 Å². The fourth-order valence-electron chi connectivity index (χ4n) is 2.72. The van der Waals surface area contributed by atoms with E-state index in [1.165, 1.54) is 6.42 Å². The van der Waals surface area contributed by atoms with E-state index in [2.05, 4.69) is 34.0 Å². The second-order valence-electron chi connectivity index (χ2n) is 5.62. The lowest BCUT2D eigenvalue weighted by atomic mass is 9.96. The van der Waals surface area contributed by atoms with Crippen LogP contribution in [0.1, 0.15) is 31.8 Å². The maximum absolute atomic E-state index is 5.56. The first kappa shape index (κ1) is 15.2. The zero-order chi connectivity index (χ0) is 14.5. The van der Waals surface area contributed by atoms with Gasteiger partial charge in [-0.25, -0.2) is 9.97 Å². The summed E-state index contributed by atoms with van der Waals surface area (Å²) in [5.74, 6) is 2.45. The van der Waals surface area contributed by atoms with Crippen LogP contribution >= 0.6 is 0 Å². The maximum atomic E-state index is 5.56. The SMILES string of the molecule is CCNc1cc(C)nc(CN2CCC(C)C(OC)C2)n1. The third kappa shape index (κ3) is 3.90. The number of hydrogen-bond donors (Lipinski definition) is 1. The lowest BCUT2D eigenvalue weighted by Crippen LogP contribution is -2.43. The fourth-order valence-corrected chi connectivity index (χ4v) is 2.72. The Hall–Kier alpha value is -1.20. The topological polar surface area (TPSA) is 50.3 Å². The van der Waals surface area contributed by atoms with E-state index in [9.17, 15) is 0 Å². The maximum Gasteiger partial charge on any atom is 0.144 e. The quantitative estimate of drug-likeness (QED) is 0.893. The van der Waals surface area contributed by atoms with Gasteiger partial charge in [-0.3, -0.25) is 4.90 Å². The Labute approximate surface area is 121 Å². The average Bonchev–Trinajstić information content (AvgIpc) is 2.40. The van der Waals surface area contributed by atoms with E-state index in [1.807, 2.05) is 13.0 Å². The number of hydrogen-bond acceptors (Lipinski definition) is 5. The molecule has 1 fully saturated rings. The molecule has 1 aromatic heterocycles. The first-order chi connectivity index (χ1) is 9.62. The van der Waals surface area contributed by atoms with Crippen LogP contribution in [-0.2, 0) is 11.3 Å². The van der Waals surface area contributed by atoms with E-state index in [1.54, 1.807) is 7.11 Å². The van der Waals surface area contributed by atoms with E-state index in [4.69, 9.17) is 4.74 Å².